The largest absolute Gasteiger partial charge is 0.416 e. The number of carbonyl (C=O) groups excluding carboxylic acids is 1. The summed E-state index contributed by atoms with van der Waals surface area (Å²) in [5.41, 5.74) is 2.95. The fourth-order valence-corrected chi connectivity index (χ4v) is 5.22. The molecule has 3 aromatic rings. The van der Waals surface area contributed by atoms with E-state index >= 15 is 0 Å². The van der Waals surface area contributed by atoms with Crippen molar-refractivity contribution in [3.05, 3.63) is 71.0 Å². The molecule has 0 unspecified atom stereocenters. The molecule has 2 fully saturated rings. The van der Waals surface area contributed by atoms with Crippen molar-refractivity contribution in [2.24, 2.45) is 7.05 Å². The van der Waals surface area contributed by atoms with Crippen molar-refractivity contribution in [3.63, 3.8) is 0 Å². The summed E-state index contributed by atoms with van der Waals surface area (Å²) in [4.78, 5) is 15.6. The molecule has 1 aromatic heterocycles. The van der Waals surface area contributed by atoms with Crippen LogP contribution in [0.25, 0.3) is 11.1 Å². The van der Waals surface area contributed by atoms with Gasteiger partial charge in [0.05, 0.1) is 17.8 Å². The van der Waals surface area contributed by atoms with Crippen LogP contribution in [0.3, 0.4) is 0 Å². The predicted molar refractivity (Wildman–Crippen MR) is 133 cm³/mol. The third-order valence-corrected chi connectivity index (χ3v) is 7.22. The van der Waals surface area contributed by atoms with Gasteiger partial charge in [0, 0.05) is 55.2 Å². The fraction of sp³-hybridized carbons (Fsp3) is 0.407. The van der Waals surface area contributed by atoms with Crippen LogP contribution in [-0.4, -0.2) is 40.9 Å². The van der Waals surface area contributed by atoms with Crippen LogP contribution in [0, 0.1) is 6.92 Å². The van der Waals surface area contributed by atoms with Gasteiger partial charge in [-0.25, -0.2) is 0 Å². The summed E-state index contributed by atoms with van der Waals surface area (Å²) in [6, 6.07) is 10.1. The molecule has 2 aromatic carbocycles. The number of rotatable bonds is 5. The molecule has 0 spiro atoms. The number of alkyl halides is 3. The summed E-state index contributed by atoms with van der Waals surface area (Å²) >= 11 is 0. The Balaban J connectivity index is 1.39. The zero-order chi connectivity index (χ0) is 25.6. The number of carbonyl (C=O) groups is 1. The van der Waals surface area contributed by atoms with Gasteiger partial charge in [0.25, 0.3) is 5.91 Å². The number of amides is 1. The maximum absolute atomic E-state index is 13.7. The number of anilines is 1. The molecule has 0 radical (unpaired) electrons. The quantitative estimate of drug-likeness (QED) is 0.529. The van der Waals surface area contributed by atoms with Crippen LogP contribution < -0.4 is 15.5 Å². The zero-order valence-corrected chi connectivity index (χ0v) is 20.6. The van der Waals surface area contributed by atoms with Crippen LogP contribution in [0.2, 0.25) is 0 Å². The highest BCUT2D eigenvalue weighted by Gasteiger charge is 2.33. The van der Waals surface area contributed by atoms with Crippen molar-refractivity contribution in [2.75, 3.05) is 18.0 Å². The van der Waals surface area contributed by atoms with Crippen LogP contribution in [0.4, 0.5) is 18.9 Å². The molecule has 0 saturated carbocycles. The smallest absolute Gasteiger partial charge is 0.368 e. The minimum Gasteiger partial charge on any atom is -0.368 e. The van der Waals surface area contributed by atoms with E-state index in [4.69, 9.17) is 0 Å². The lowest BCUT2D eigenvalue weighted by Gasteiger charge is -2.35. The van der Waals surface area contributed by atoms with Gasteiger partial charge in [0.15, 0.2) is 0 Å². The van der Waals surface area contributed by atoms with Gasteiger partial charge in [0.1, 0.15) is 0 Å². The van der Waals surface area contributed by atoms with E-state index in [1.54, 1.807) is 30.9 Å². The second-order valence-electron chi connectivity index (χ2n) is 9.98. The van der Waals surface area contributed by atoms with Crippen LogP contribution in [0.5, 0.6) is 0 Å². The SMILES string of the molecule is Cc1ccc(N2C[C@H]3CC[C@@H](C2)N3)cc1C(=O)N[C@H](C)c1cc(-c2cnn(C)c2)cc(C(F)(F)F)c1. The molecule has 2 aliphatic heterocycles. The fourth-order valence-electron chi connectivity index (χ4n) is 5.22. The van der Waals surface area contributed by atoms with E-state index < -0.39 is 17.8 Å². The maximum atomic E-state index is 13.7. The van der Waals surface area contributed by atoms with Gasteiger partial charge >= 0.3 is 6.18 Å². The summed E-state index contributed by atoms with van der Waals surface area (Å²) in [5, 5.41) is 10.6. The number of aryl methyl sites for hydroxylation is 2. The van der Waals surface area contributed by atoms with Gasteiger partial charge in [-0.05, 0) is 73.7 Å². The lowest BCUT2D eigenvalue weighted by atomic mass is 9.97. The Morgan fingerprint density at radius 3 is 2.47 bits per heavy atom. The number of piperazine rings is 1. The normalized spacial score (nSPS) is 20.4. The molecule has 1 amide bonds. The topological polar surface area (TPSA) is 62.2 Å². The van der Waals surface area contributed by atoms with Crippen LogP contribution >= 0.6 is 0 Å². The summed E-state index contributed by atoms with van der Waals surface area (Å²) in [7, 11) is 1.71. The standard InChI is InChI=1S/C27H30F3N5O/c1-16-4-7-24(35-14-22-5-6-23(15-35)33-22)11-25(16)26(36)32-17(2)18-8-19(20-12-31-34(3)13-20)10-21(9-18)27(28,29)30/h4,7-13,17,22-23,33H,5-6,14-15H2,1-3H3,(H,32,36)/t17-,22-,23+/m1/s1. The first-order chi connectivity index (χ1) is 17.1. The van der Waals surface area contributed by atoms with Crippen molar-refractivity contribution in [1.82, 2.24) is 20.4 Å². The van der Waals surface area contributed by atoms with Gasteiger partial charge in [-0.15, -0.1) is 0 Å². The number of nitrogens with zero attached hydrogens (tertiary/aromatic N) is 3. The van der Waals surface area contributed by atoms with E-state index in [-0.39, 0.29) is 5.91 Å². The van der Waals surface area contributed by atoms with E-state index in [0.717, 1.165) is 49.3 Å². The second-order valence-corrected chi connectivity index (χ2v) is 9.98. The molecule has 2 bridgehead atoms. The molecule has 190 valence electrons. The highest BCUT2D eigenvalue weighted by molar-refractivity contribution is 5.97. The maximum Gasteiger partial charge on any atom is 0.416 e. The second kappa shape index (κ2) is 9.28. The molecule has 6 nitrogen and oxygen atoms in total. The van der Waals surface area contributed by atoms with Crippen molar-refractivity contribution >= 4 is 11.6 Å². The van der Waals surface area contributed by atoms with Crippen molar-refractivity contribution in [1.29, 1.82) is 0 Å². The molecule has 5 rings (SSSR count). The molecule has 0 aliphatic carbocycles. The number of nitrogens with one attached hydrogen (secondary N) is 2. The molecule has 3 atom stereocenters. The van der Waals surface area contributed by atoms with Crippen LogP contribution in [-0.2, 0) is 13.2 Å². The first-order valence-corrected chi connectivity index (χ1v) is 12.2. The molecular formula is C27H30F3N5O. The Hall–Kier alpha value is -3.33. The minimum atomic E-state index is -4.51. The van der Waals surface area contributed by atoms with Gasteiger partial charge in [-0.1, -0.05) is 6.07 Å². The number of aromatic nitrogens is 2. The summed E-state index contributed by atoms with van der Waals surface area (Å²) < 4.78 is 42.6. The molecule has 9 heteroatoms. The molecule has 2 aliphatic rings. The number of halogens is 3. The molecule has 2 saturated heterocycles. The molecule has 36 heavy (non-hydrogen) atoms. The number of fused-ring (bicyclic) bond motifs is 2. The zero-order valence-electron chi connectivity index (χ0n) is 20.6. The Morgan fingerprint density at radius 1 is 1.11 bits per heavy atom. The highest BCUT2D eigenvalue weighted by atomic mass is 19.4. The third-order valence-electron chi connectivity index (χ3n) is 7.22. The molecule has 3 heterocycles. The third kappa shape index (κ3) is 4.97. The van der Waals surface area contributed by atoms with Crippen molar-refractivity contribution in [3.8, 4) is 11.1 Å². The van der Waals surface area contributed by atoms with Crippen molar-refractivity contribution < 1.29 is 18.0 Å². The first kappa shape index (κ1) is 24.4. The summed E-state index contributed by atoms with van der Waals surface area (Å²) in [6.07, 6.45) is 1.01. The van der Waals surface area contributed by atoms with E-state index in [2.05, 4.69) is 20.6 Å². The number of hydrogen-bond donors (Lipinski definition) is 2. The van der Waals surface area contributed by atoms with Crippen LogP contribution in [0.15, 0.2) is 48.8 Å². The Kier molecular flexibility index (Phi) is 6.28. The lowest BCUT2D eigenvalue weighted by molar-refractivity contribution is -0.137. The Morgan fingerprint density at radius 2 is 1.83 bits per heavy atom. The number of benzene rings is 2. The lowest BCUT2D eigenvalue weighted by Crippen LogP contribution is -2.51. The van der Waals surface area contributed by atoms with Gasteiger partial charge in [-0.2, -0.15) is 18.3 Å². The molecule has 2 N–H and O–H groups in total. The Labute approximate surface area is 208 Å². The average molecular weight is 498 g/mol. The van der Waals surface area contributed by atoms with E-state index in [1.165, 1.54) is 6.20 Å². The van der Waals surface area contributed by atoms with Gasteiger partial charge in [0.2, 0.25) is 0 Å². The van der Waals surface area contributed by atoms with Gasteiger partial charge in [-0.3, -0.25) is 9.48 Å². The Bertz CT molecular complexity index is 1270. The average Bonchev–Trinajstić information content (AvgIpc) is 3.42. The predicted octanol–water partition coefficient (Wildman–Crippen LogP) is 4.85. The van der Waals surface area contributed by atoms with Gasteiger partial charge < -0.3 is 15.5 Å². The van der Waals surface area contributed by atoms with E-state index in [0.29, 0.717) is 34.3 Å². The number of hydrogen-bond acceptors (Lipinski definition) is 4. The van der Waals surface area contributed by atoms with Crippen LogP contribution in [0.1, 0.15) is 52.9 Å². The van der Waals surface area contributed by atoms with Crippen molar-refractivity contribution in [2.45, 2.75) is 51.0 Å². The minimum absolute atomic E-state index is 0.305. The highest BCUT2D eigenvalue weighted by Crippen LogP contribution is 2.35. The first-order valence-electron chi connectivity index (χ1n) is 12.2. The summed E-state index contributed by atoms with van der Waals surface area (Å²) in [6.45, 7) is 5.37. The monoisotopic (exact) mass is 497 g/mol. The van der Waals surface area contributed by atoms with E-state index in [1.807, 2.05) is 25.1 Å². The summed E-state index contributed by atoms with van der Waals surface area (Å²) in [5.74, 6) is -0.305. The molecular weight excluding hydrogens is 467 g/mol. The van der Waals surface area contributed by atoms with E-state index in [9.17, 15) is 18.0 Å².